The quantitative estimate of drug-likeness (QED) is 0.629. The summed E-state index contributed by atoms with van der Waals surface area (Å²) in [5.41, 5.74) is 0.0394. The van der Waals surface area contributed by atoms with Crippen LogP contribution in [0.25, 0.3) is 0 Å². The maximum absolute atomic E-state index is 12.2. The van der Waals surface area contributed by atoms with E-state index < -0.39 is 15.9 Å². The first-order valence-corrected chi connectivity index (χ1v) is 9.78. The SMILES string of the molecule is CC(C)NC(=O)CCNC(=O)c1cc(S(=O)(=O)NC(C)C)ccc1Cl. The van der Waals surface area contributed by atoms with Gasteiger partial charge in [0.1, 0.15) is 0 Å². The molecule has 9 heteroatoms. The summed E-state index contributed by atoms with van der Waals surface area (Å²) in [5, 5.41) is 5.41. The molecule has 0 unspecified atom stereocenters. The van der Waals surface area contributed by atoms with Gasteiger partial charge in [-0.15, -0.1) is 0 Å². The minimum Gasteiger partial charge on any atom is -0.354 e. The molecule has 7 nitrogen and oxygen atoms in total. The Morgan fingerprint density at radius 2 is 1.76 bits per heavy atom. The molecule has 0 aliphatic rings. The Hall–Kier alpha value is -1.64. The number of carbonyl (C=O) groups excluding carboxylic acids is 2. The Morgan fingerprint density at radius 3 is 2.32 bits per heavy atom. The molecular weight excluding hydrogens is 366 g/mol. The van der Waals surface area contributed by atoms with Gasteiger partial charge in [-0.1, -0.05) is 11.6 Å². The number of benzene rings is 1. The summed E-state index contributed by atoms with van der Waals surface area (Å²) in [6.07, 6.45) is 0.119. The standard InChI is InChI=1S/C16H24ClN3O4S/c1-10(2)19-15(21)7-8-18-16(22)13-9-12(5-6-14(13)17)25(23,24)20-11(3)4/h5-6,9-11,20H,7-8H2,1-4H3,(H,18,22)(H,19,21). The number of rotatable bonds is 8. The van der Waals surface area contributed by atoms with Crippen LogP contribution in [0.15, 0.2) is 23.1 Å². The number of halogens is 1. The second-order valence-corrected chi connectivity index (χ2v) is 8.27. The van der Waals surface area contributed by atoms with Crippen molar-refractivity contribution in [2.75, 3.05) is 6.54 Å². The minimum absolute atomic E-state index is 0.0213. The van der Waals surface area contributed by atoms with Crippen LogP contribution in [0.5, 0.6) is 0 Å². The Morgan fingerprint density at radius 1 is 1.12 bits per heavy atom. The highest BCUT2D eigenvalue weighted by Gasteiger charge is 2.19. The molecule has 140 valence electrons. The van der Waals surface area contributed by atoms with Crippen molar-refractivity contribution in [1.82, 2.24) is 15.4 Å². The topological polar surface area (TPSA) is 104 Å². The van der Waals surface area contributed by atoms with Crippen LogP contribution < -0.4 is 15.4 Å². The van der Waals surface area contributed by atoms with E-state index in [-0.39, 0.29) is 46.4 Å². The summed E-state index contributed by atoms with van der Waals surface area (Å²) in [7, 11) is -3.73. The molecule has 0 saturated heterocycles. The number of hydrogen-bond donors (Lipinski definition) is 3. The van der Waals surface area contributed by atoms with Gasteiger partial charge in [-0.05, 0) is 45.9 Å². The van der Waals surface area contributed by atoms with Gasteiger partial charge in [-0.25, -0.2) is 13.1 Å². The molecule has 0 radical (unpaired) electrons. The molecule has 1 rings (SSSR count). The molecule has 0 fully saturated rings. The highest BCUT2D eigenvalue weighted by Crippen LogP contribution is 2.20. The van der Waals surface area contributed by atoms with Crippen LogP contribution >= 0.6 is 11.6 Å². The zero-order chi connectivity index (χ0) is 19.2. The lowest BCUT2D eigenvalue weighted by atomic mass is 10.2. The van der Waals surface area contributed by atoms with E-state index >= 15 is 0 Å². The van der Waals surface area contributed by atoms with Crippen LogP contribution in [0.1, 0.15) is 44.5 Å². The van der Waals surface area contributed by atoms with Crippen molar-refractivity contribution in [2.24, 2.45) is 0 Å². The molecule has 0 spiro atoms. The van der Waals surface area contributed by atoms with Gasteiger partial charge in [0.05, 0.1) is 15.5 Å². The zero-order valence-electron chi connectivity index (χ0n) is 14.7. The van der Waals surface area contributed by atoms with E-state index in [1.165, 1.54) is 18.2 Å². The molecule has 2 amide bonds. The molecule has 0 bridgehead atoms. The maximum Gasteiger partial charge on any atom is 0.252 e. The molecule has 0 aliphatic heterocycles. The van der Waals surface area contributed by atoms with Crippen molar-refractivity contribution in [3.63, 3.8) is 0 Å². The van der Waals surface area contributed by atoms with Gasteiger partial charge in [0.25, 0.3) is 5.91 Å². The summed E-state index contributed by atoms with van der Waals surface area (Å²) in [6, 6.07) is 3.65. The number of carbonyl (C=O) groups is 2. The molecule has 1 aromatic carbocycles. The van der Waals surface area contributed by atoms with E-state index in [2.05, 4.69) is 15.4 Å². The molecule has 0 atom stereocenters. The number of sulfonamides is 1. The summed E-state index contributed by atoms with van der Waals surface area (Å²) in [5.74, 6) is -0.720. The maximum atomic E-state index is 12.2. The van der Waals surface area contributed by atoms with Crippen molar-refractivity contribution in [3.8, 4) is 0 Å². The predicted molar refractivity (Wildman–Crippen MR) is 97.1 cm³/mol. The fourth-order valence-corrected chi connectivity index (χ4v) is 3.48. The van der Waals surface area contributed by atoms with Crippen LogP contribution in [-0.4, -0.2) is 38.9 Å². The molecule has 0 aromatic heterocycles. The monoisotopic (exact) mass is 389 g/mol. The molecule has 0 saturated carbocycles. The summed E-state index contributed by atoms with van der Waals surface area (Å²) in [4.78, 5) is 23.7. The molecule has 25 heavy (non-hydrogen) atoms. The van der Waals surface area contributed by atoms with Gasteiger partial charge in [0.15, 0.2) is 0 Å². The lowest BCUT2D eigenvalue weighted by Crippen LogP contribution is -2.34. The van der Waals surface area contributed by atoms with E-state index in [4.69, 9.17) is 11.6 Å². The Labute approximate surface area is 153 Å². The van der Waals surface area contributed by atoms with Crippen molar-refractivity contribution >= 4 is 33.4 Å². The smallest absolute Gasteiger partial charge is 0.252 e. The van der Waals surface area contributed by atoms with Crippen LogP contribution in [0.4, 0.5) is 0 Å². The fourth-order valence-electron chi connectivity index (χ4n) is 2.00. The number of hydrogen-bond acceptors (Lipinski definition) is 4. The first kappa shape index (κ1) is 21.4. The van der Waals surface area contributed by atoms with Crippen LogP contribution in [0.2, 0.25) is 5.02 Å². The van der Waals surface area contributed by atoms with Crippen molar-refractivity contribution in [1.29, 1.82) is 0 Å². The van der Waals surface area contributed by atoms with E-state index in [0.717, 1.165) is 0 Å². The second-order valence-electron chi connectivity index (χ2n) is 6.15. The highest BCUT2D eigenvalue weighted by atomic mass is 35.5. The van der Waals surface area contributed by atoms with Crippen molar-refractivity contribution in [3.05, 3.63) is 28.8 Å². The molecule has 0 heterocycles. The van der Waals surface area contributed by atoms with Gasteiger partial charge < -0.3 is 10.6 Å². The highest BCUT2D eigenvalue weighted by molar-refractivity contribution is 7.89. The number of amides is 2. The Kier molecular flexibility index (Phi) is 7.85. The van der Waals surface area contributed by atoms with Gasteiger partial charge in [-0.2, -0.15) is 0 Å². The molecule has 1 aromatic rings. The largest absolute Gasteiger partial charge is 0.354 e. The van der Waals surface area contributed by atoms with Crippen LogP contribution in [-0.2, 0) is 14.8 Å². The Balaban J connectivity index is 2.82. The number of nitrogens with one attached hydrogen (secondary N) is 3. The fraction of sp³-hybridized carbons (Fsp3) is 0.500. The molecular formula is C16H24ClN3O4S. The van der Waals surface area contributed by atoms with E-state index in [0.29, 0.717) is 0 Å². The molecule has 3 N–H and O–H groups in total. The van der Waals surface area contributed by atoms with Gasteiger partial charge in [-0.3, -0.25) is 9.59 Å². The van der Waals surface area contributed by atoms with Gasteiger partial charge >= 0.3 is 0 Å². The average Bonchev–Trinajstić information content (AvgIpc) is 2.45. The first-order valence-electron chi connectivity index (χ1n) is 7.92. The van der Waals surface area contributed by atoms with Crippen molar-refractivity contribution in [2.45, 2.75) is 51.1 Å². The van der Waals surface area contributed by atoms with E-state index in [1.807, 2.05) is 13.8 Å². The molecule has 0 aliphatic carbocycles. The summed E-state index contributed by atoms with van der Waals surface area (Å²) < 4.78 is 26.8. The normalized spacial score (nSPS) is 11.6. The minimum atomic E-state index is -3.73. The van der Waals surface area contributed by atoms with E-state index in [1.54, 1.807) is 13.8 Å². The lowest BCUT2D eigenvalue weighted by molar-refractivity contribution is -0.121. The second kappa shape index (κ2) is 9.17. The third-order valence-corrected chi connectivity index (χ3v) is 4.96. The van der Waals surface area contributed by atoms with Gasteiger partial charge in [0, 0.05) is 25.0 Å². The Bertz CT molecular complexity index is 733. The first-order chi connectivity index (χ1) is 11.5. The predicted octanol–water partition coefficient (Wildman–Crippen LogP) is 1.67. The lowest BCUT2D eigenvalue weighted by Gasteiger charge is -2.12. The van der Waals surface area contributed by atoms with Gasteiger partial charge in [0.2, 0.25) is 15.9 Å². The van der Waals surface area contributed by atoms with Crippen molar-refractivity contribution < 1.29 is 18.0 Å². The third-order valence-electron chi connectivity index (χ3n) is 2.97. The average molecular weight is 390 g/mol. The summed E-state index contributed by atoms with van der Waals surface area (Å²) in [6.45, 7) is 7.20. The van der Waals surface area contributed by atoms with E-state index in [9.17, 15) is 18.0 Å². The zero-order valence-corrected chi connectivity index (χ0v) is 16.3. The van der Waals surface area contributed by atoms with Crippen LogP contribution in [0.3, 0.4) is 0 Å². The summed E-state index contributed by atoms with van der Waals surface area (Å²) >= 11 is 6.00. The van der Waals surface area contributed by atoms with Crippen LogP contribution in [0, 0.1) is 0 Å². The third kappa shape index (κ3) is 7.01.